The SMILES string of the molecule is C=C/C(=C\C=C/C)Cc1nnc(N2CCN(c3cnc(C(C)(C)O)cn3)C(C)C2)c(C)c1C. The summed E-state index contributed by atoms with van der Waals surface area (Å²) in [6.45, 7) is 18.2. The molecule has 1 aliphatic rings. The van der Waals surface area contributed by atoms with Crippen molar-refractivity contribution in [2.45, 2.75) is 59.6 Å². The Hall–Kier alpha value is -3.06. The van der Waals surface area contributed by atoms with Crippen LogP contribution in [0.15, 0.2) is 48.8 Å². The lowest BCUT2D eigenvalue weighted by Crippen LogP contribution is -2.53. The van der Waals surface area contributed by atoms with E-state index in [0.717, 1.165) is 49.0 Å². The van der Waals surface area contributed by atoms with E-state index < -0.39 is 5.60 Å². The van der Waals surface area contributed by atoms with Crippen LogP contribution in [-0.4, -0.2) is 50.9 Å². The van der Waals surface area contributed by atoms with Crippen molar-refractivity contribution < 1.29 is 5.11 Å². The van der Waals surface area contributed by atoms with Gasteiger partial charge in [-0.3, -0.25) is 4.98 Å². The zero-order valence-electron chi connectivity index (χ0n) is 20.7. The van der Waals surface area contributed by atoms with Crippen molar-refractivity contribution in [1.29, 1.82) is 0 Å². The van der Waals surface area contributed by atoms with E-state index in [2.05, 4.69) is 63.4 Å². The van der Waals surface area contributed by atoms with Crippen LogP contribution in [0.4, 0.5) is 11.6 Å². The summed E-state index contributed by atoms with van der Waals surface area (Å²) in [5.41, 5.74) is 4.03. The summed E-state index contributed by atoms with van der Waals surface area (Å²) in [5.74, 6) is 1.78. The second kappa shape index (κ2) is 10.3. The first kappa shape index (κ1) is 24.6. The van der Waals surface area contributed by atoms with Gasteiger partial charge in [-0.1, -0.05) is 30.9 Å². The van der Waals surface area contributed by atoms with Gasteiger partial charge in [0.05, 0.1) is 23.8 Å². The molecule has 1 unspecified atom stereocenters. The zero-order chi connectivity index (χ0) is 24.2. The lowest BCUT2D eigenvalue weighted by molar-refractivity contribution is 0.0734. The molecule has 2 aromatic heterocycles. The summed E-state index contributed by atoms with van der Waals surface area (Å²) >= 11 is 0. The van der Waals surface area contributed by atoms with Gasteiger partial charge in [-0.05, 0) is 58.2 Å². The molecule has 7 nitrogen and oxygen atoms in total. The first-order valence-electron chi connectivity index (χ1n) is 11.5. The number of anilines is 2. The van der Waals surface area contributed by atoms with Crippen molar-refractivity contribution in [3.8, 4) is 0 Å². The molecule has 0 spiro atoms. The fraction of sp³-hybridized carbons (Fsp3) is 0.462. The topological polar surface area (TPSA) is 78.3 Å². The Morgan fingerprint density at radius 2 is 1.94 bits per heavy atom. The summed E-state index contributed by atoms with van der Waals surface area (Å²) in [6.07, 6.45) is 12.1. The van der Waals surface area contributed by atoms with Crippen molar-refractivity contribution in [3.63, 3.8) is 0 Å². The van der Waals surface area contributed by atoms with E-state index in [-0.39, 0.29) is 6.04 Å². The molecule has 0 radical (unpaired) electrons. The van der Waals surface area contributed by atoms with Gasteiger partial charge in [0, 0.05) is 32.1 Å². The zero-order valence-corrected chi connectivity index (χ0v) is 20.7. The second-order valence-electron chi connectivity index (χ2n) is 9.18. The van der Waals surface area contributed by atoms with Crippen LogP contribution in [-0.2, 0) is 12.0 Å². The van der Waals surface area contributed by atoms with E-state index in [4.69, 9.17) is 0 Å². The molecule has 3 heterocycles. The molecule has 0 aliphatic carbocycles. The highest BCUT2D eigenvalue weighted by Crippen LogP contribution is 2.27. The summed E-state index contributed by atoms with van der Waals surface area (Å²) in [4.78, 5) is 13.5. The summed E-state index contributed by atoms with van der Waals surface area (Å²) < 4.78 is 0. The Bertz CT molecular complexity index is 1040. The van der Waals surface area contributed by atoms with Crippen LogP contribution in [0.2, 0.25) is 0 Å². The van der Waals surface area contributed by atoms with Crippen molar-refractivity contribution in [3.05, 3.63) is 71.4 Å². The molecule has 176 valence electrons. The minimum absolute atomic E-state index is 0.235. The molecule has 1 aliphatic heterocycles. The first-order valence-corrected chi connectivity index (χ1v) is 11.5. The Morgan fingerprint density at radius 3 is 2.52 bits per heavy atom. The number of hydrogen-bond acceptors (Lipinski definition) is 7. The molecule has 7 heteroatoms. The third-order valence-electron chi connectivity index (χ3n) is 6.22. The van der Waals surface area contributed by atoms with Gasteiger partial charge >= 0.3 is 0 Å². The number of nitrogens with zero attached hydrogens (tertiary/aromatic N) is 6. The van der Waals surface area contributed by atoms with Crippen LogP contribution >= 0.6 is 0 Å². The van der Waals surface area contributed by atoms with Crippen molar-refractivity contribution in [2.75, 3.05) is 29.4 Å². The number of aliphatic hydroxyl groups is 1. The smallest absolute Gasteiger partial charge is 0.154 e. The molecule has 0 aromatic carbocycles. The predicted octanol–water partition coefficient (Wildman–Crippen LogP) is 4.06. The molecule has 1 atom stereocenters. The fourth-order valence-corrected chi connectivity index (χ4v) is 4.00. The first-order chi connectivity index (χ1) is 15.7. The van der Waals surface area contributed by atoms with Crippen LogP contribution in [0, 0.1) is 13.8 Å². The van der Waals surface area contributed by atoms with Gasteiger partial charge in [-0.15, -0.1) is 5.10 Å². The highest BCUT2D eigenvalue weighted by atomic mass is 16.3. The molecule has 3 rings (SSSR count). The van der Waals surface area contributed by atoms with Gasteiger partial charge in [-0.25, -0.2) is 4.98 Å². The molecule has 0 amide bonds. The van der Waals surface area contributed by atoms with Gasteiger partial charge in [0.2, 0.25) is 0 Å². The standard InChI is InChI=1S/C26H36N6O/c1-8-10-11-21(9-2)14-22-19(4)20(5)25(30-29-22)31-12-13-32(18(3)17-31)24-16-27-23(15-28-24)26(6,7)33/h8-11,15-16,18,33H,2,12-14,17H2,1,3-7H3/b10-8-,21-11+. The highest BCUT2D eigenvalue weighted by Gasteiger charge is 2.28. The highest BCUT2D eigenvalue weighted by molar-refractivity contribution is 5.53. The fourth-order valence-electron chi connectivity index (χ4n) is 4.00. The minimum Gasteiger partial charge on any atom is -0.384 e. The van der Waals surface area contributed by atoms with Crippen molar-refractivity contribution in [1.82, 2.24) is 20.2 Å². The second-order valence-corrected chi connectivity index (χ2v) is 9.18. The van der Waals surface area contributed by atoms with Crippen LogP contribution < -0.4 is 9.80 Å². The summed E-state index contributed by atoms with van der Waals surface area (Å²) in [6, 6.07) is 0.235. The predicted molar refractivity (Wildman–Crippen MR) is 135 cm³/mol. The van der Waals surface area contributed by atoms with Crippen LogP contribution in [0.1, 0.15) is 50.2 Å². The molecule has 0 bridgehead atoms. The molecule has 33 heavy (non-hydrogen) atoms. The number of piperazine rings is 1. The van der Waals surface area contributed by atoms with Gasteiger partial charge < -0.3 is 14.9 Å². The van der Waals surface area contributed by atoms with Crippen molar-refractivity contribution in [2.24, 2.45) is 0 Å². The van der Waals surface area contributed by atoms with E-state index in [1.807, 2.05) is 25.2 Å². The quantitative estimate of drug-likeness (QED) is 0.640. The largest absolute Gasteiger partial charge is 0.384 e. The monoisotopic (exact) mass is 448 g/mol. The van der Waals surface area contributed by atoms with Gasteiger partial charge in [0.15, 0.2) is 5.82 Å². The third kappa shape index (κ3) is 5.66. The number of rotatable bonds is 7. The van der Waals surface area contributed by atoms with Gasteiger partial charge in [0.25, 0.3) is 0 Å². The van der Waals surface area contributed by atoms with E-state index in [9.17, 15) is 5.11 Å². The average molecular weight is 449 g/mol. The molecule has 2 aromatic rings. The molecule has 1 N–H and O–H groups in total. The Balaban J connectivity index is 1.74. The van der Waals surface area contributed by atoms with Gasteiger partial charge in [0.1, 0.15) is 11.4 Å². The lowest BCUT2D eigenvalue weighted by Gasteiger charge is -2.41. The molecule has 1 fully saturated rings. The number of allylic oxidation sites excluding steroid dienone is 5. The van der Waals surface area contributed by atoms with E-state index in [0.29, 0.717) is 5.69 Å². The molecular formula is C26H36N6O. The van der Waals surface area contributed by atoms with E-state index in [1.54, 1.807) is 26.2 Å². The molecular weight excluding hydrogens is 412 g/mol. The number of aromatic nitrogens is 4. The minimum atomic E-state index is -0.995. The van der Waals surface area contributed by atoms with Crippen molar-refractivity contribution >= 4 is 11.6 Å². The Morgan fingerprint density at radius 1 is 1.18 bits per heavy atom. The lowest BCUT2D eigenvalue weighted by atomic mass is 10.0. The van der Waals surface area contributed by atoms with Crippen LogP contribution in [0.25, 0.3) is 0 Å². The normalized spacial score (nSPS) is 17.7. The van der Waals surface area contributed by atoms with Gasteiger partial charge in [-0.2, -0.15) is 5.10 Å². The molecule has 0 saturated carbocycles. The maximum absolute atomic E-state index is 10.1. The maximum atomic E-state index is 10.1. The number of hydrogen-bond donors (Lipinski definition) is 1. The Kier molecular flexibility index (Phi) is 7.64. The summed E-state index contributed by atoms with van der Waals surface area (Å²) in [5, 5.41) is 19.3. The maximum Gasteiger partial charge on any atom is 0.154 e. The van der Waals surface area contributed by atoms with Crippen LogP contribution in [0.5, 0.6) is 0 Å². The van der Waals surface area contributed by atoms with E-state index in [1.165, 1.54) is 11.1 Å². The van der Waals surface area contributed by atoms with Crippen LogP contribution in [0.3, 0.4) is 0 Å². The summed E-state index contributed by atoms with van der Waals surface area (Å²) in [7, 11) is 0. The Labute approximate surface area is 197 Å². The molecule has 1 saturated heterocycles. The third-order valence-corrected chi connectivity index (χ3v) is 6.22. The average Bonchev–Trinajstić information content (AvgIpc) is 2.79. The van der Waals surface area contributed by atoms with E-state index >= 15 is 0 Å².